The van der Waals surface area contributed by atoms with Gasteiger partial charge in [-0.25, -0.2) is 4.79 Å². The number of rotatable bonds is 3. The molecule has 0 amide bonds. The number of methoxy groups -OCH3 is 1. The Morgan fingerprint density at radius 2 is 2.13 bits per heavy atom. The van der Waals surface area contributed by atoms with Crippen molar-refractivity contribution in [1.29, 1.82) is 0 Å². The number of halogens is 1. The number of hydrogen-bond donors (Lipinski definition) is 1. The third-order valence-corrected chi connectivity index (χ3v) is 5.19. The second kappa shape index (κ2) is 7.69. The number of nitrogens with one attached hydrogen (secondary N) is 1. The fourth-order valence-corrected chi connectivity index (χ4v) is 3.96. The van der Waals surface area contributed by atoms with Crippen LogP contribution >= 0.6 is 12.4 Å². The Morgan fingerprint density at radius 1 is 1.39 bits per heavy atom. The molecule has 130 valence electrons. The largest absolute Gasteiger partial charge is 0.465 e. The summed E-state index contributed by atoms with van der Waals surface area (Å²) in [6, 6.07) is 1.85. The first kappa shape index (κ1) is 18.3. The zero-order valence-electron chi connectivity index (χ0n) is 14.0. The van der Waals surface area contributed by atoms with Gasteiger partial charge < -0.3 is 14.5 Å². The van der Waals surface area contributed by atoms with Crippen molar-refractivity contribution in [2.45, 2.75) is 51.1 Å². The van der Waals surface area contributed by atoms with E-state index in [1.165, 1.54) is 39.2 Å². The van der Waals surface area contributed by atoms with Crippen molar-refractivity contribution in [2.24, 2.45) is 0 Å². The molecule has 1 aromatic rings. The molecular formula is C17H27ClN2O3. The molecule has 1 spiro atoms. The number of esters is 1. The van der Waals surface area contributed by atoms with E-state index < -0.39 is 0 Å². The van der Waals surface area contributed by atoms with E-state index in [4.69, 9.17) is 9.15 Å². The van der Waals surface area contributed by atoms with Crippen molar-refractivity contribution in [2.75, 3.05) is 26.7 Å². The number of nitrogens with zero attached hydrogens (tertiary/aromatic N) is 1. The first-order valence-corrected chi connectivity index (χ1v) is 8.28. The molecule has 0 aromatic carbocycles. The van der Waals surface area contributed by atoms with Crippen LogP contribution in [0.25, 0.3) is 0 Å². The molecular weight excluding hydrogens is 316 g/mol. The number of ether oxygens (including phenoxy) is 1. The molecule has 2 heterocycles. The Bertz CT molecular complexity index is 530. The Morgan fingerprint density at radius 3 is 2.83 bits per heavy atom. The van der Waals surface area contributed by atoms with Gasteiger partial charge in [0, 0.05) is 25.2 Å². The first-order chi connectivity index (χ1) is 10.6. The number of furan rings is 1. The van der Waals surface area contributed by atoms with Gasteiger partial charge in [-0.3, -0.25) is 4.90 Å². The SMILES string of the molecule is COC(=O)c1cc(CN2CCNCC23CCCCC3)oc1C.Cl. The van der Waals surface area contributed by atoms with Gasteiger partial charge in [0.2, 0.25) is 0 Å². The summed E-state index contributed by atoms with van der Waals surface area (Å²) in [4.78, 5) is 14.3. The molecule has 1 saturated carbocycles. The van der Waals surface area contributed by atoms with Crippen LogP contribution in [0.3, 0.4) is 0 Å². The van der Waals surface area contributed by atoms with E-state index in [1.807, 2.05) is 13.0 Å². The van der Waals surface area contributed by atoms with Crippen molar-refractivity contribution >= 4 is 18.4 Å². The summed E-state index contributed by atoms with van der Waals surface area (Å²) in [7, 11) is 1.40. The minimum atomic E-state index is -0.319. The maximum Gasteiger partial charge on any atom is 0.341 e. The summed E-state index contributed by atoms with van der Waals surface area (Å²) < 4.78 is 10.6. The lowest BCUT2D eigenvalue weighted by molar-refractivity contribution is 0.0159. The zero-order chi connectivity index (χ0) is 15.6. The molecule has 1 aliphatic heterocycles. The number of piperazine rings is 1. The molecule has 1 saturated heterocycles. The minimum Gasteiger partial charge on any atom is -0.465 e. The van der Waals surface area contributed by atoms with Gasteiger partial charge in [0.15, 0.2) is 0 Å². The second-order valence-corrected chi connectivity index (χ2v) is 6.56. The molecule has 23 heavy (non-hydrogen) atoms. The average Bonchev–Trinajstić information content (AvgIpc) is 2.90. The summed E-state index contributed by atoms with van der Waals surface area (Å²) in [5, 5.41) is 3.56. The van der Waals surface area contributed by atoms with Crippen LogP contribution in [-0.2, 0) is 11.3 Å². The topological polar surface area (TPSA) is 54.7 Å². The molecule has 2 fully saturated rings. The van der Waals surface area contributed by atoms with Gasteiger partial charge in [-0.15, -0.1) is 12.4 Å². The Balaban J connectivity index is 0.00000192. The lowest BCUT2D eigenvalue weighted by Gasteiger charge is -2.49. The first-order valence-electron chi connectivity index (χ1n) is 8.28. The quantitative estimate of drug-likeness (QED) is 0.856. The predicted octanol–water partition coefficient (Wildman–Crippen LogP) is 2.90. The van der Waals surface area contributed by atoms with Crippen LogP contribution in [-0.4, -0.2) is 43.2 Å². The minimum absolute atomic E-state index is 0. The maximum atomic E-state index is 11.7. The molecule has 3 rings (SSSR count). The van der Waals surface area contributed by atoms with Crippen LogP contribution in [0.15, 0.2) is 10.5 Å². The number of carbonyl (C=O) groups is 1. The van der Waals surface area contributed by atoms with Crippen LogP contribution in [0.2, 0.25) is 0 Å². The summed E-state index contributed by atoms with van der Waals surface area (Å²) in [6.45, 7) is 5.72. The maximum absolute atomic E-state index is 11.7. The highest BCUT2D eigenvalue weighted by Crippen LogP contribution is 2.35. The smallest absolute Gasteiger partial charge is 0.341 e. The third-order valence-electron chi connectivity index (χ3n) is 5.19. The van der Waals surface area contributed by atoms with Crippen LogP contribution in [0.1, 0.15) is 54.0 Å². The van der Waals surface area contributed by atoms with Crippen LogP contribution in [0, 0.1) is 6.92 Å². The van der Waals surface area contributed by atoms with Crippen LogP contribution in [0.4, 0.5) is 0 Å². The molecule has 2 aliphatic rings. The predicted molar refractivity (Wildman–Crippen MR) is 91.1 cm³/mol. The number of hydrogen-bond acceptors (Lipinski definition) is 5. The molecule has 1 aliphatic carbocycles. The molecule has 5 nitrogen and oxygen atoms in total. The summed E-state index contributed by atoms with van der Waals surface area (Å²) >= 11 is 0. The van der Waals surface area contributed by atoms with Crippen molar-refractivity contribution in [1.82, 2.24) is 10.2 Å². The fourth-order valence-electron chi connectivity index (χ4n) is 3.96. The molecule has 0 radical (unpaired) electrons. The highest BCUT2D eigenvalue weighted by Gasteiger charge is 2.40. The average molecular weight is 343 g/mol. The Kier molecular flexibility index (Phi) is 6.12. The van der Waals surface area contributed by atoms with E-state index in [0.717, 1.165) is 31.9 Å². The number of aryl methyl sites for hydroxylation is 1. The highest BCUT2D eigenvalue weighted by molar-refractivity contribution is 5.90. The highest BCUT2D eigenvalue weighted by atomic mass is 35.5. The molecule has 0 atom stereocenters. The fraction of sp³-hybridized carbons (Fsp3) is 0.706. The molecule has 0 unspecified atom stereocenters. The monoisotopic (exact) mass is 342 g/mol. The van der Waals surface area contributed by atoms with Gasteiger partial charge in [-0.1, -0.05) is 19.3 Å². The van der Waals surface area contributed by atoms with Crippen molar-refractivity contribution < 1.29 is 13.9 Å². The van der Waals surface area contributed by atoms with Gasteiger partial charge in [0.1, 0.15) is 17.1 Å². The van der Waals surface area contributed by atoms with E-state index in [1.54, 1.807) is 0 Å². The Labute approximate surface area is 144 Å². The van der Waals surface area contributed by atoms with E-state index in [9.17, 15) is 4.79 Å². The van der Waals surface area contributed by atoms with Crippen molar-refractivity contribution in [3.8, 4) is 0 Å². The van der Waals surface area contributed by atoms with Gasteiger partial charge in [-0.05, 0) is 25.8 Å². The van der Waals surface area contributed by atoms with E-state index in [-0.39, 0.29) is 23.9 Å². The van der Waals surface area contributed by atoms with E-state index >= 15 is 0 Å². The molecule has 1 N–H and O–H groups in total. The summed E-state index contributed by atoms with van der Waals surface area (Å²) in [5.74, 6) is 1.19. The van der Waals surface area contributed by atoms with Crippen molar-refractivity contribution in [3.05, 3.63) is 23.2 Å². The van der Waals surface area contributed by atoms with Crippen LogP contribution < -0.4 is 5.32 Å². The third kappa shape index (κ3) is 3.73. The lowest BCUT2D eigenvalue weighted by atomic mass is 9.79. The van der Waals surface area contributed by atoms with Crippen molar-refractivity contribution in [3.63, 3.8) is 0 Å². The molecule has 6 heteroatoms. The van der Waals surface area contributed by atoms with Gasteiger partial charge in [0.25, 0.3) is 0 Å². The van der Waals surface area contributed by atoms with Gasteiger partial charge >= 0.3 is 5.97 Å². The van der Waals surface area contributed by atoms with Gasteiger partial charge in [-0.2, -0.15) is 0 Å². The Hall–Kier alpha value is -1.04. The van der Waals surface area contributed by atoms with Crippen LogP contribution in [0.5, 0.6) is 0 Å². The summed E-state index contributed by atoms with van der Waals surface area (Å²) in [5.41, 5.74) is 0.813. The lowest BCUT2D eigenvalue weighted by Crippen LogP contribution is -2.61. The number of carbonyl (C=O) groups excluding carboxylic acids is 1. The zero-order valence-corrected chi connectivity index (χ0v) is 14.8. The normalized spacial score (nSPS) is 21.0. The van der Waals surface area contributed by atoms with Gasteiger partial charge in [0.05, 0.1) is 13.7 Å². The molecule has 0 bridgehead atoms. The van der Waals surface area contributed by atoms with E-state index in [0.29, 0.717) is 11.3 Å². The molecule has 1 aromatic heterocycles. The van der Waals surface area contributed by atoms with E-state index in [2.05, 4.69) is 10.2 Å². The standard InChI is InChI=1S/C17H26N2O3.ClH/c1-13-15(16(20)21-2)10-14(22-13)11-19-9-8-18-12-17(19)6-4-3-5-7-17;/h10,18H,3-9,11-12H2,1-2H3;1H. The summed E-state index contributed by atoms with van der Waals surface area (Å²) in [6.07, 6.45) is 6.47. The second-order valence-electron chi connectivity index (χ2n) is 6.56.